The van der Waals surface area contributed by atoms with Crippen molar-refractivity contribution in [1.82, 2.24) is 14.8 Å². The van der Waals surface area contributed by atoms with Crippen molar-refractivity contribution in [2.45, 2.75) is 32.7 Å². The quantitative estimate of drug-likeness (QED) is 0.599. The highest BCUT2D eigenvalue weighted by atomic mass is 16.6. The molecule has 0 bridgehead atoms. The lowest BCUT2D eigenvalue weighted by Crippen LogP contribution is -2.38. The summed E-state index contributed by atoms with van der Waals surface area (Å²) in [6, 6.07) is 8.24. The Morgan fingerprint density at radius 1 is 1.15 bits per heavy atom. The van der Waals surface area contributed by atoms with Crippen molar-refractivity contribution in [3.8, 4) is 11.1 Å². The summed E-state index contributed by atoms with van der Waals surface area (Å²) >= 11 is 0. The normalized spacial score (nSPS) is 14.9. The number of piperidine rings is 1. The zero-order valence-corrected chi connectivity index (χ0v) is 15.7. The second-order valence-electron chi connectivity index (χ2n) is 6.86. The van der Waals surface area contributed by atoms with Crippen LogP contribution in [-0.2, 0) is 6.54 Å². The maximum atomic E-state index is 12.6. The van der Waals surface area contributed by atoms with E-state index >= 15 is 0 Å². The van der Waals surface area contributed by atoms with E-state index < -0.39 is 4.92 Å². The first-order valence-electron chi connectivity index (χ1n) is 9.54. The molecule has 0 radical (unpaired) electrons. The fourth-order valence-electron chi connectivity index (χ4n) is 3.50. The highest BCUT2D eigenvalue weighted by Gasteiger charge is 2.15. The Labute approximate surface area is 159 Å². The summed E-state index contributed by atoms with van der Waals surface area (Å²) < 4.78 is 1.91. The number of amides is 1. The monoisotopic (exact) mass is 370 g/mol. The van der Waals surface area contributed by atoms with Crippen molar-refractivity contribution in [2.24, 2.45) is 0 Å². The number of likely N-dealkylation sites (tertiary alicyclic amines) is 1. The molecule has 27 heavy (non-hydrogen) atoms. The Hall–Kier alpha value is -2.67. The summed E-state index contributed by atoms with van der Waals surface area (Å²) in [7, 11) is 0. The van der Waals surface area contributed by atoms with Gasteiger partial charge in [0.05, 0.1) is 4.92 Å². The van der Waals surface area contributed by atoms with Gasteiger partial charge in [-0.3, -0.25) is 14.9 Å². The molecule has 2 heterocycles. The van der Waals surface area contributed by atoms with Gasteiger partial charge in [0.1, 0.15) is 5.69 Å². The third kappa shape index (κ3) is 4.74. The summed E-state index contributed by atoms with van der Waals surface area (Å²) in [6.07, 6.45) is 5.70. The predicted molar refractivity (Wildman–Crippen MR) is 105 cm³/mol. The average molecular weight is 370 g/mol. The highest BCUT2D eigenvalue weighted by molar-refractivity contribution is 5.94. The Kier molecular flexibility index (Phi) is 6.24. The van der Waals surface area contributed by atoms with Crippen molar-refractivity contribution in [2.75, 3.05) is 26.2 Å². The van der Waals surface area contributed by atoms with Crippen LogP contribution in [-0.4, -0.2) is 46.5 Å². The lowest BCUT2D eigenvalue weighted by molar-refractivity contribution is -0.384. The molecule has 0 atom stereocenters. The third-order valence-corrected chi connectivity index (χ3v) is 5.04. The van der Waals surface area contributed by atoms with Gasteiger partial charge in [-0.2, -0.15) is 0 Å². The van der Waals surface area contributed by atoms with E-state index in [0.717, 1.165) is 30.8 Å². The zero-order chi connectivity index (χ0) is 19.2. The molecule has 0 spiro atoms. The average Bonchev–Trinajstić information content (AvgIpc) is 3.13. The molecule has 7 heteroatoms. The van der Waals surface area contributed by atoms with Crippen LogP contribution in [0.1, 0.15) is 36.7 Å². The van der Waals surface area contributed by atoms with E-state index in [4.69, 9.17) is 0 Å². The van der Waals surface area contributed by atoms with Crippen LogP contribution in [0.2, 0.25) is 0 Å². The van der Waals surface area contributed by atoms with Crippen molar-refractivity contribution in [1.29, 1.82) is 0 Å². The van der Waals surface area contributed by atoms with Crippen LogP contribution >= 0.6 is 0 Å². The number of carbonyl (C=O) groups excluding carboxylic acids is 1. The van der Waals surface area contributed by atoms with Crippen LogP contribution in [0.3, 0.4) is 0 Å². The molecule has 2 aromatic rings. The van der Waals surface area contributed by atoms with Gasteiger partial charge >= 0.3 is 0 Å². The lowest BCUT2D eigenvalue weighted by Gasteiger charge is -2.26. The van der Waals surface area contributed by atoms with E-state index in [1.165, 1.54) is 31.4 Å². The molecule has 1 fully saturated rings. The maximum Gasteiger partial charge on any atom is 0.269 e. The SMILES string of the molecule is CCn1cc(-c2ccc([N+](=O)[O-])cc2)cc1C(=O)NCCN1CCCCC1. The van der Waals surface area contributed by atoms with Crippen molar-refractivity contribution >= 4 is 11.6 Å². The summed E-state index contributed by atoms with van der Waals surface area (Å²) in [6.45, 7) is 6.43. The molecule has 1 aromatic heterocycles. The first-order valence-corrected chi connectivity index (χ1v) is 9.54. The summed E-state index contributed by atoms with van der Waals surface area (Å²) in [4.78, 5) is 25.4. The Bertz CT molecular complexity index is 792. The van der Waals surface area contributed by atoms with E-state index in [2.05, 4.69) is 10.2 Å². The van der Waals surface area contributed by atoms with E-state index in [9.17, 15) is 14.9 Å². The second kappa shape index (κ2) is 8.81. The second-order valence-corrected chi connectivity index (χ2v) is 6.86. The number of nitrogens with one attached hydrogen (secondary N) is 1. The molecule has 3 rings (SSSR count). The maximum absolute atomic E-state index is 12.6. The van der Waals surface area contributed by atoms with Crippen LogP contribution in [0.4, 0.5) is 5.69 Å². The van der Waals surface area contributed by atoms with Gasteiger partial charge in [-0.1, -0.05) is 6.42 Å². The standard InChI is InChI=1S/C20H26N4O3/c1-2-23-15-17(16-6-8-18(9-7-16)24(26)27)14-19(23)20(25)21-10-13-22-11-4-3-5-12-22/h6-9,14-15H,2-5,10-13H2,1H3,(H,21,25). The molecule has 1 N–H and O–H groups in total. The van der Waals surface area contributed by atoms with Gasteiger partial charge in [0, 0.05) is 43.5 Å². The number of hydrogen-bond acceptors (Lipinski definition) is 4. The van der Waals surface area contributed by atoms with Crippen LogP contribution in [0, 0.1) is 10.1 Å². The van der Waals surface area contributed by atoms with Gasteiger partial charge < -0.3 is 14.8 Å². The number of nitro groups is 1. The minimum atomic E-state index is -0.414. The summed E-state index contributed by atoms with van der Waals surface area (Å²) in [5, 5.41) is 13.8. The number of hydrogen-bond donors (Lipinski definition) is 1. The number of carbonyl (C=O) groups is 1. The largest absolute Gasteiger partial charge is 0.349 e. The third-order valence-electron chi connectivity index (χ3n) is 5.04. The number of rotatable bonds is 7. The van der Waals surface area contributed by atoms with E-state index in [0.29, 0.717) is 18.8 Å². The Morgan fingerprint density at radius 3 is 2.48 bits per heavy atom. The van der Waals surface area contributed by atoms with Gasteiger partial charge in [0.2, 0.25) is 0 Å². The van der Waals surface area contributed by atoms with Gasteiger partial charge in [0.25, 0.3) is 11.6 Å². The van der Waals surface area contributed by atoms with Gasteiger partial charge in [-0.15, -0.1) is 0 Å². The van der Waals surface area contributed by atoms with Crippen LogP contribution in [0.5, 0.6) is 0 Å². The molecule has 1 aromatic carbocycles. The molecular weight excluding hydrogens is 344 g/mol. The fourth-order valence-corrected chi connectivity index (χ4v) is 3.50. The summed E-state index contributed by atoms with van der Waals surface area (Å²) in [5.41, 5.74) is 2.41. The van der Waals surface area contributed by atoms with Crippen molar-refractivity contribution in [3.05, 3.63) is 52.3 Å². The molecular formula is C20H26N4O3. The number of nitrogens with zero attached hydrogens (tertiary/aromatic N) is 3. The van der Waals surface area contributed by atoms with Crippen LogP contribution in [0.15, 0.2) is 36.5 Å². The van der Waals surface area contributed by atoms with Crippen molar-refractivity contribution < 1.29 is 9.72 Å². The highest BCUT2D eigenvalue weighted by Crippen LogP contribution is 2.24. The van der Waals surface area contributed by atoms with Gasteiger partial charge in [-0.25, -0.2) is 0 Å². The van der Waals surface area contributed by atoms with Crippen molar-refractivity contribution in [3.63, 3.8) is 0 Å². The fraction of sp³-hybridized carbons (Fsp3) is 0.450. The molecule has 0 saturated carbocycles. The van der Waals surface area contributed by atoms with Crippen LogP contribution < -0.4 is 5.32 Å². The van der Waals surface area contributed by atoms with Crippen LogP contribution in [0.25, 0.3) is 11.1 Å². The molecule has 0 aliphatic carbocycles. The first-order chi connectivity index (χ1) is 13.1. The molecule has 0 unspecified atom stereocenters. The smallest absolute Gasteiger partial charge is 0.269 e. The number of non-ortho nitro benzene ring substituents is 1. The summed E-state index contributed by atoms with van der Waals surface area (Å²) in [5.74, 6) is -0.0815. The number of aromatic nitrogens is 1. The molecule has 1 aliphatic heterocycles. The van der Waals surface area contributed by atoms with E-state index in [-0.39, 0.29) is 11.6 Å². The van der Waals surface area contributed by atoms with Gasteiger partial charge in [0.15, 0.2) is 0 Å². The minimum Gasteiger partial charge on any atom is -0.349 e. The molecule has 1 amide bonds. The number of benzene rings is 1. The lowest BCUT2D eigenvalue weighted by atomic mass is 10.1. The zero-order valence-electron chi connectivity index (χ0n) is 15.7. The van der Waals surface area contributed by atoms with Gasteiger partial charge in [-0.05, 0) is 56.6 Å². The number of aryl methyl sites for hydroxylation is 1. The van der Waals surface area contributed by atoms with E-state index in [1.807, 2.05) is 23.8 Å². The molecule has 144 valence electrons. The Balaban J connectivity index is 1.66. The topological polar surface area (TPSA) is 80.4 Å². The number of nitro benzene ring substituents is 1. The molecule has 1 aliphatic rings. The predicted octanol–water partition coefficient (Wildman–Crippen LogP) is 3.30. The minimum absolute atomic E-state index is 0.0596. The Morgan fingerprint density at radius 2 is 1.85 bits per heavy atom. The van der Waals surface area contributed by atoms with E-state index in [1.54, 1.807) is 12.1 Å². The molecule has 7 nitrogen and oxygen atoms in total. The first kappa shape index (κ1) is 19.1. The molecule has 1 saturated heterocycles.